The summed E-state index contributed by atoms with van der Waals surface area (Å²) in [6, 6.07) is 9.46. The van der Waals surface area contributed by atoms with Crippen molar-refractivity contribution in [1.29, 1.82) is 0 Å². The average molecular weight is 246 g/mol. The van der Waals surface area contributed by atoms with Crippen molar-refractivity contribution in [3.8, 4) is 0 Å². The Morgan fingerprint density at radius 1 is 1.33 bits per heavy atom. The number of benzene rings is 1. The van der Waals surface area contributed by atoms with E-state index in [1.807, 2.05) is 30.3 Å². The Hall–Kier alpha value is -1.35. The molecule has 1 atom stereocenters. The molecule has 1 aromatic carbocycles. The van der Waals surface area contributed by atoms with E-state index in [1.165, 1.54) is 12.8 Å². The predicted molar refractivity (Wildman–Crippen MR) is 73.1 cm³/mol. The van der Waals surface area contributed by atoms with Crippen LogP contribution in [0.3, 0.4) is 0 Å². The smallest absolute Gasteiger partial charge is 0.237 e. The molecule has 0 aliphatic heterocycles. The molecule has 3 N–H and O–H groups in total. The summed E-state index contributed by atoms with van der Waals surface area (Å²) >= 11 is 0. The summed E-state index contributed by atoms with van der Waals surface area (Å²) in [5, 5.41) is 3.11. The van der Waals surface area contributed by atoms with Gasteiger partial charge in [0.1, 0.15) is 0 Å². The molecule has 3 nitrogen and oxygen atoms in total. The molecule has 0 aromatic heterocycles. The van der Waals surface area contributed by atoms with Crippen LogP contribution in [-0.4, -0.2) is 17.5 Å². The number of carbonyl (C=O) groups is 1. The fraction of sp³-hybridized carbons (Fsp3) is 0.533. The van der Waals surface area contributed by atoms with Crippen LogP contribution in [0.5, 0.6) is 0 Å². The highest BCUT2D eigenvalue weighted by Gasteiger charge is 2.31. The minimum absolute atomic E-state index is 0.0248. The minimum atomic E-state index is -0.454. The maximum atomic E-state index is 12.1. The minimum Gasteiger partial charge on any atom is -0.350 e. The second kappa shape index (κ2) is 5.53. The van der Waals surface area contributed by atoms with E-state index in [0.717, 1.165) is 18.4 Å². The quantitative estimate of drug-likeness (QED) is 0.854. The SMILES string of the molecule is CC1(NC(=O)[C@@H](N)Cc2ccccc2)CCCC1. The van der Waals surface area contributed by atoms with E-state index in [4.69, 9.17) is 5.73 Å². The molecule has 0 spiro atoms. The molecule has 0 saturated heterocycles. The molecule has 3 heteroatoms. The van der Waals surface area contributed by atoms with Gasteiger partial charge in [-0.3, -0.25) is 4.79 Å². The number of hydrogen-bond acceptors (Lipinski definition) is 2. The van der Waals surface area contributed by atoms with Crippen LogP contribution >= 0.6 is 0 Å². The Kier molecular flexibility index (Phi) is 4.02. The van der Waals surface area contributed by atoms with Crippen molar-refractivity contribution in [2.45, 2.75) is 50.6 Å². The Morgan fingerprint density at radius 3 is 2.56 bits per heavy atom. The first-order chi connectivity index (χ1) is 8.59. The largest absolute Gasteiger partial charge is 0.350 e. The van der Waals surface area contributed by atoms with Gasteiger partial charge in [0, 0.05) is 5.54 Å². The first-order valence-corrected chi connectivity index (χ1v) is 6.71. The van der Waals surface area contributed by atoms with E-state index in [1.54, 1.807) is 0 Å². The van der Waals surface area contributed by atoms with Gasteiger partial charge >= 0.3 is 0 Å². The summed E-state index contributed by atoms with van der Waals surface area (Å²) in [7, 11) is 0. The van der Waals surface area contributed by atoms with Crippen molar-refractivity contribution in [2.24, 2.45) is 5.73 Å². The Morgan fingerprint density at radius 2 is 1.94 bits per heavy atom. The molecule has 0 unspecified atom stereocenters. The zero-order chi connectivity index (χ0) is 13.0. The molecule has 0 heterocycles. The molecule has 1 aromatic rings. The van der Waals surface area contributed by atoms with E-state index >= 15 is 0 Å². The molecule has 2 rings (SSSR count). The Balaban J connectivity index is 1.89. The highest BCUT2D eigenvalue weighted by Crippen LogP contribution is 2.28. The van der Waals surface area contributed by atoms with Crippen LogP contribution in [0.1, 0.15) is 38.2 Å². The number of nitrogens with two attached hydrogens (primary N) is 1. The van der Waals surface area contributed by atoms with Crippen molar-refractivity contribution >= 4 is 5.91 Å². The third kappa shape index (κ3) is 3.33. The lowest BCUT2D eigenvalue weighted by molar-refractivity contribution is -0.124. The molecule has 98 valence electrons. The maximum Gasteiger partial charge on any atom is 0.237 e. The zero-order valence-electron chi connectivity index (χ0n) is 11.0. The third-order valence-corrected chi connectivity index (χ3v) is 3.77. The van der Waals surface area contributed by atoms with Crippen molar-refractivity contribution in [2.75, 3.05) is 0 Å². The van der Waals surface area contributed by atoms with Gasteiger partial charge in [0.25, 0.3) is 0 Å². The Bertz CT molecular complexity index is 396. The lowest BCUT2D eigenvalue weighted by Gasteiger charge is -2.27. The van der Waals surface area contributed by atoms with Crippen LogP contribution in [-0.2, 0) is 11.2 Å². The second-order valence-corrected chi connectivity index (χ2v) is 5.55. The normalized spacial score (nSPS) is 19.4. The van der Waals surface area contributed by atoms with Crippen LogP contribution in [0.25, 0.3) is 0 Å². The van der Waals surface area contributed by atoms with E-state index in [2.05, 4.69) is 12.2 Å². The summed E-state index contributed by atoms with van der Waals surface area (Å²) < 4.78 is 0. The fourth-order valence-electron chi connectivity index (χ4n) is 2.63. The van der Waals surface area contributed by atoms with Gasteiger partial charge in [-0.15, -0.1) is 0 Å². The fourth-order valence-corrected chi connectivity index (χ4v) is 2.63. The summed E-state index contributed by atoms with van der Waals surface area (Å²) in [5.41, 5.74) is 7.05. The zero-order valence-corrected chi connectivity index (χ0v) is 11.0. The highest BCUT2D eigenvalue weighted by molar-refractivity contribution is 5.82. The molecule has 0 radical (unpaired) electrons. The van der Waals surface area contributed by atoms with Gasteiger partial charge in [-0.05, 0) is 31.7 Å². The van der Waals surface area contributed by atoms with E-state index in [9.17, 15) is 4.79 Å². The number of hydrogen-bond donors (Lipinski definition) is 2. The van der Waals surface area contributed by atoms with Gasteiger partial charge < -0.3 is 11.1 Å². The predicted octanol–water partition coefficient (Wildman–Crippen LogP) is 2.01. The molecular weight excluding hydrogens is 224 g/mol. The van der Waals surface area contributed by atoms with Gasteiger partial charge in [0.2, 0.25) is 5.91 Å². The molecule has 1 aliphatic rings. The van der Waals surface area contributed by atoms with E-state index in [0.29, 0.717) is 6.42 Å². The van der Waals surface area contributed by atoms with Gasteiger partial charge in [-0.25, -0.2) is 0 Å². The topological polar surface area (TPSA) is 55.1 Å². The van der Waals surface area contributed by atoms with Crippen LogP contribution < -0.4 is 11.1 Å². The molecule has 1 saturated carbocycles. The molecule has 1 fully saturated rings. The van der Waals surface area contributed by atoms with E-state index in [-0.39, 0.29) is 11.4 Å². The van der Waals surface area contributed by atoms with Gasteiger partial charge in [-0.1, -0.05) is 43.2 Å². The first-order valence-electron chi connectivity index (χ1n) is 6.71. The van der Waals surface area contributed by atoms with Crippen LogP contribution in [0, 0.1) is 0 Å². The number of amides is 1. The molecule has 1 aliphatic carbocycles. The van der Waals surface area contributed by atoms with Gasteiger partial charge in [0.05, 0.1) is 6.04 Å². The average Bonchev–Trinajstić information content (AvgIpc) is 2.77. The number of nitrogens with one attached hydrogen (secondary N) is 1. The highest BCUT2D eigenvalue weighted by atomic mass is 16.2. The lowest BCUT2D eigenvalue weighted by atomic mass is 9.99. The van der Waals surface area contributed by atoms with Crippen molar-refractivity contribution < 1.29 is 4.79 Å². The summed E-state index contributed by atoms with van der Waals surface area (Å²) in [6.45, 7) is 2.12. The van der Waals surface area contributed by atoms with Crippen molar-refractivity contribution in [3.05, 3.63) is 35.9 Å². The number of carbonyl (C=O) groups excluding carboxylic acids is 1. The molecule has 1 amide bonds. The van der Waals surface area contributed by atoms with Crippen molar-refractivity contribution in [3.63, 3.8) is 0 Å². The Labute approximate surface area is 109 Å². The maximum absolute atomic E-state index is 12.1. The summed E-state index contributed by atoms with van der Waals surface area (Å²) in [6.07, 6.45) is 5.13. The summed E-state index contributed by atoms with van der Waals surface area (Å²) in [5.74, 6) is -0.0248. The van der Waals surface area contributed by atoms with Crippen LogP contribution in [0.4, 0.5) is 0 Å². The van der Waals surface area contributed by atoms with Gasteiger partial charge in [-0.2, -0.15) is 0 Å². The van der Waals surface area contributed by atoms with Crippen LogP contribution in [0.2, 0.25) is 0 Å². The van der Waals surface area contributed by atoms with Gasteiger partial charge in [0.15, 0.2) is 0 Å². The first kappa shape index (κ1) is 13.1. The monoisotopic (exact) mass is 246 g/mol. The third-order valence-electron chi connectivity index (χ3n) is 3.77. The molecule has 18 heavy (non-hydrogen) atoms. The lowest BCUT2D eigenvalue weighted by Crippen LogP contribution is -2.51. The number of rotatable bonds is 4. The molecular formula is C15H22N2O. The summed E-state index contributed by atoms with van der Waals surface area (Å²) in [4.78, 5) is 12.1. The van der Waals surface area contributed by atoms with E-state index < -0.39 is 6.04 Å². The standard InChI is InChI=1S/C15H22N2O/c1-15(9-5-6-10-15)17-14(18)13(16)11-12-7-3-2-4-8-12/h2-4,7-8,13H,5-6,9-11,16H2,1H3,(H,17,18)/t13-/m0/s1. The second-order valence-electron chi connectivity index (χ2n) is 5.55. The van der Waals surface area contributed by atoms with Crippen LogP contribution in [0.15, 0.2) is 30.3 Å². The van der Waals surface area contributed by atoms with Crippen molar-refractivity contribution in [1.82, 2.24) is 5.32 Å². The molecule has 0 bridgehead atoms.